The van der Waals surface area contributed by atoms with Crippen molar-refractivity contribution in [2.75, 3.05) is 0 Å². The minimum absolute atomic E-state index is 0.0110. The third-order valence-corrected chi connectivity index (χ3v) is 7.71. The number of carbonyl (C=O) groups is 1. The second-order valence-electron chi connectivity index (χ2n) is 9.08. The molecule has 2 bridgehead atoms. The summed E-state index contributed by atoms with van der Waals surface area (Å²) < 4.78 is 19.6. The molecule has 0 radical (unpaired) electrons. The largest absolute Gasteiger partial charge is 0.511 e. The summed E-state index contributed by atoms with van der Waals surface area (Å²) in [5.41, 5.74) is 1.26. The highest BCUT2D eigenvalue weighted by atomic mass is 35.5. The molecule has 0 aromatic heterocycles. The molecule has 4 rings (SSSR count). The Morgan fingerprint density at radius 1 is 1.17 bits per heavy atom. The van der Waals surface area contributed by atoms with Crippen molar-refractivity contribution < 1.29 is 19.0 Å². The minimum Gasteiger partial charge on any atom is -0.511 e. The molecule has 0 unspecified atom stereocenters. The van der Waals surface area contributed by atoms with Gasteiger partial charge in [-0.1, -0.05) is 45.4 Å². The second-order valence-corrected chi connectivity index (χ2v) is 9.49. The number of rotatable bonds is 4. The van der Waals surface area contributed by atoms with E-state index in [4.69, 9.17) is 16.3 Å². The molecular formula is C25H26ClFO3. The van der Waals surface area contributed by atoms with E-state index >= 15 is 0 Å². The molecule has 158 valence electrons. The summed E-state index contributed by atoms with van der Waals surface area (Å²) in [5.74, 6) is 0.351. The van der Waals surface area contributed by atoms with Crippen LogP contribution < -0.4 is 4.74 Å². The zero-order valence-electron chi connectivity index (χ0n) is 17.7. The van der Waals surface area contributed by atoms with Crippen LogP contribution in [0.15, 0.2) is 42.2 Å². The molecule has 1 fully saturated rings. The number of ether oxygens (including phenoxy) is 1. The third kappa shape index (κ3) is 2.96. The lowest BCUT2D eigenvalue weighted by atomic mass is 9.58. The van der Waals surface area contributed by atoms with Crippen molar-refractivity contribution in [3.63, 3.8) is 0 Å². The van der Waals surface area contributed by atoms with Gasteiger partial charge in [0.05, 0.1) is 10.6 Å². The van der Waals surface area contributed by atoms with Crippen LogP contribution in [0.4, 0.5) is 4.39 Å². The highest BCUT2D eigenvalue weighted by molar-refractivity contribution is 6.30. The van der Waals surface area contributed by atoms with E-state index in [2.05, 4.69) is 13.8 Å². The lowest BCUT2D eigenvalue weighted by molar-refractivity contribution is -0.128. The van der Waals surface area contributed by atoms with E-state index in [0.29, 0.717) is 29.1 Å². The molecule has 5 heteroatoms. The standard InChI is InChI=1S/C25H26ClFO3/c1-5-14-6-7-15(30-16-8-9-19(26)20(27)13-16)12-17(14)21-22(28)18-10-11-25(4,23(21)29)24(18,2)3/h6-9,12-13,18,28H,5,10-11H2,1-4H3/t18-,25+/m0/s1. The average Bonchev–Trinajstić information content (AvgIpc) is 2.88. The summed E-state index contributed by atoms with van der Waals surface area (Å²) in [6, 6.07) is 9.71. The van der Waals surface area contributed by atoms with Gasteiger partial charge in [-0.05, 0) is 60.1 Å². The number of hydrogen-bond acceptors (Lipinski definition) is 3. The smallest absolute Gasteiger partial charge is 0.173 e. The number of aryl methyl sites for hydroxylation is 1. The fraction of sp³-hybridized carbons (Fsp3) is 0.400. The molecule has 0 aliphatic heterocycles. The molecule has 2 aliphatic carbocycles. The highest BCUT2D eigenvalue weighted by Crippen LogP contribution is 2.63. The van der Waals surface area contributed by atoms with E-state index in [0.717, 1.165) is 18.4 Å². The third-order valence-electron chi connectivity index (χ3n) is 7.40. The summed E-state index contributed by atoms with van der Waals surface area (Å²) in [6.07, 6.45) is 2.27. The zero-order chi connectivity index (χ0) is 21.8. The van der Waals surface area contributed by atoms with Crippen LogP contribution >= 0.6 is 11.6 Å². The van der Waals surface area contributed by atoms with Gasteiger partial charge in [0.15, 0.2) is 5.78 Å². The molecule has 3 nitrogen and oxygen atoms in total. The van der Waals surface area contributed by atoms with Gasteiger partial charge in [0.25, 0.3) is 0 Å². The molecular weight excluding hydrogens is 403 g/mol. The summed E-state index contributed by atoms with van der Waals surface area (Å²) in [7, 11) is 0. The summed E-state index contributed by atoms with van der Waals surface area (Å²) in [6.45, 7) is 8.18. The summed E-state index contributed by atoms with van der Waals surface area (Å²) in [4.78, 5) is 13.6. The minimum atomic E-state index is -0.561. The van der Waals surface area contributed by atoms with Crippen molar-refractivity contribution in [2.24, 2.45) is 16.7 Å². The number of ketones is 1. The first-order valence-corrected chi connectivity index (χ1v) is 10.7. The molecule has 2 aromatic carbocycles. The van der Waals surface area contributed by atoms with Crippen LogP contribution in [0.5, 0.6) is 11.5 Å². The van der Waals surface area contributed by atoms with Gasteiger partial charge in [-0.3, -0.25) is 4.79 Å². The monoisotopic (exact) mass is 428 g/mol. The van der Waals surface area contributed by atoms with Crippen molar-refractivity contribution >= 4 is 23.0 Å². The Morgan fingerprint density at radius 3 is 2.50 bits per heavy atom. The van der Waals surface area contributed by atoms with Crippen LogP contribution in [-0.4, -0.2) is 10.9 Å². The van der Waals surface area contributed by atoms with Gasteiger partial charge in [-0.15, -0.1) is 0 Å². The van der Waals surface area contributed by atoms with Gasteiger partial charge in [-0.2, -0.15) is 0 Å². The number of carbonyl (C=O) groups excluding carboxylic acids is 1. The predicted molar refractivity (Wildman–Crippen MR) is 116 cm³/mol. The van der Waals surface area contributed by atoms with Gasteiger partial charge in [0, 0.05) is 17.4 Å². The van der Waals surface area contributed by atoms with Crippen LogP contribution in [0.3, 0.4) is 0 Å². The molecule has 1 N–H and O–H groups in total. The Kier molecular flexibility index (Phi) is 4.97. The van der Waals surface area contributed by atoms with Crippen molar-refractivity contribution in [3.8, 4) is 11.5 Å². The van der Waals surface area contributed by atoms with Crippen LogP contribution in [0.25, 0.3) is 5.57 Å². The van der Waals surface area contributed by atoms with Crippen LogP contribution in [0.2, 0.25) is 5.02 Å². The highest BCUT2D eigenvalue weighted by Gasteiger charge is 2.61. The van der Waals surface area contributed by atoms with Gasteiger partial charge < -0.3 is 9.84 Å². The Labute approximate surface area is 181 Å². The first-order chi connectivity index (χ1) is 14.1. The first kappa shape index (κ1) is 20.9. The molecule has 30 heavy (non-hydrogen) atoms. The predicted octanol–water partition coefficient (Wildman–Crippen LogP) is 7.13. The van der Waals surface area contributed by atoms with E-state index in [9.17, 15) is 14.3 Å². The van der Waals surface area contributed by atoms with Crippen LogP contribution in [0.1, 0.15) is 51.7 Å². The lowest BCUT2D eigenvalue weighted by Crippen LogP contribution is -2.45. The number of aliphatic hydroxyl groups excluding tert-OH is 1. The maximum atomic E-state index is 13.8. The second kappa shape index (κ2) is 7.12. The van der Waals surface area contributed by atoms with E-state index < -0.39 is 11.2 Å². The van der Waals surface area contributed by atoms with E-state index in [1.807, 2.05) is 19.9 Å². The summed E-state index contributed by atoms with van der Waals surface area (Å²) >= 11 is 5.75. The quantitative estimate of drug-likeness (QED) is 0.563. The van der Waals surface area contributed by atoms with Crippen LogP contribution in [0, 0.1) is 22.6 Å². The van der Waals surface area contributed by atoms with E-state index in [1.165, 1.54) is 12.1 Å². The molecule has 0 amide bonds. The van der Waals surface area contributed by atoms with Gasteiger partial charge in [0.2, 0.25) is 0 Å². The van der Waals surface area contributed by atoms with Crippen LogP contribution in [-0.2, 0) is 11.2 Å². The molecule has 0 heterocycles. The number of fused-ring (bicyclic) bond motifs is 2. The lowest BCUT2D eigenvalue weighted by Gasteiger charge is -2.45. The molecule has 2 aromatic rings. The fourth-order valence-corrected chi connectivity index (χ4v) is 5.17. The molecule has 0 spiro atoms. The van der Waals surface area contributed by atoms with E-state index in [-0.39, 0.29) is 27.9 Å². The molecule has 2 aliphatic rings. The Bertz CT molecular complexity index is 1070. The Balaban J connectivity index is 1.80. The number of Topliss-reactive ketones (excluding diaryl/α,β-unsaturated/α-hetero) is 1. The maximum absolute atomic E-state index is 13.8. The zero-order valence-corrected chi connectivity index (χ0v) is 18.4. The fourth-order valence-electron chi connectivity index (χ4n) is 5.05. The molecule has 0 saturated heterocycles. The van der Waals surface area contributed by atoms with Crippen molar-refractivity contribution in [2.45, 2.75) is 47.0 Å². The molecule has 2 atom stereocenters. The maximum Gasteiger partial charge on any atom is 0.173 e. The average molecular weight is 429 g/mol. The number of allylic oxidation sites excluding steroid dienone is 2. The number of benzene rings is 2. The topological polar surface area (TPSA) is 46.5 Å². The number of aliphatic hydroxyl groups is 1. The van der Waals surface area contributed by atoms with Gasteiger partial charge >= 0.3 is 0 Å². The summed E-state index contributed by atoms with van der Waals surface area (Å²) in [5, 5.41) is 11.2. The first-order valence-electron chi connectivity index (χ1n) is 10.3. The van der Waals surface area contributed by atoms with Crippen molar-refractivity contribution in [1.82, 2.24) is 0 Å². The van der Waals surface area contributed by atoms with Crippen molar-refractivity contribution in [1.29, 1.82) is 0 Å². The van der Waals surface area contributed by atoms with Gasteiger partial charge in [-0.25, -0.2) is 4.39 Å². The SMILES string of the molecule is CCc1ccc(Oc2ccc(Cl)c(F)c2)cc1C1=C(O)[C@@H]2CC[C@](C)(C1=O)C2(C)C. The van der Waals surface area contributed by atoms with Crippen molar-refractivity contribution in [3.05, 3.63) is 64.1 Å². The Hall–Kier alpha value is -2.33. The normalized spacial score (nSPS) is 25.0. The Morgan fingerprint density at radius 2 is 1.83 bits per heavy atom. The van der Waals surface area contributed by atoms with E-state index in [1.54, 1.807) is 18.2 Å². The molecule has 1 saturated carbocycles. The van der Waals surface area contributed by atoms with Gasteiger partial charge in [0.1, 0.15) is 23.1 Å². The number of hydrogen-bond donors (Lipinski definition) is 1. The number of halogens is 2.